The van der Waals surface area contributed by atoms with Gasteiger partial charge in [-0.1, -0.05) is 0 Å². The number of hydrogen-bond donors (Lipinski definition) is 2. The number of aliphatic hydroxyl groups is 1. The summed E-state index contributed by atoms with van der Waals surface area (Å²) in [6.07, 6.45) is 1.32. The average molecular weight is 261 g/mol. The van der Waals surface area contributed by atoms with Crippen molar-refractivity contribution in [2.45, 2.75) is 30.6 Å². The van der Waals surface area contributed by atoms with Crippen LogP contribution in [0, 0.1) is 0 Å². The molecule has 1 fully saturated rings. The molecule has 17 heavy (non-hydrogen) atoms. The quantitative estimate of drug-likeness (QED) is 0.810. The third-order valence-corrected chi connectivity index (χ3v) is 3.99. The zero-order chi connectivity index (χ0) is 12.3. The van der Waals surface area contributed by atoms with Gasteiger partial charge < -0.3 is 14.3 Å². The summed E-state index contributed by atoms with van der Waals surface area (Å²) in [5.41, 5.74) is 0. The highest BCUT2D eigenvalue weighted by Crippen LogP contribution is 2.16. The lowest BCUT2D eigenvalue weighted by atomic mass is 10.1. The van der Waals surface area contributed by atoms with Crippen LogP contribution in [0.4, 0.5) is 0 Å². The maximum absolute atomic E-state index is 11.9. The van der Waals surface area contributed by atoms with E-state index in [-0.39, 0.29) is 23.5 Å². The average Bonchev–Trinajstić information content (AvgIpc) is 2.79. The Labute approximate surface area is 99.6 Å². The highest BCUT2D eigenvalue weighted by Gasteiger charge is 2.24. The van der Waals surface area contributed by atoms with Gasteiger partial charge in [-0.05, 0) is 25.0 Å². The lowest BCUT2D eigenvalue weighted by Crippen LogP contribution is -2.38. The monoisotopic (exact) mass is 261 g/mol. The number of furan rings is 1. The van der Waals surface area contributed by atoms with Crippen molar-refractivity contribution in [3.63, 3.8) is 0 Å². The number of aliphatic hydroxyl groups excluding tert-OH is 1. The summed E-state index contributed by atoms with van der Waals surface area (Å²) < 4.78 is 36.5. The Balaban J connectivity index is 2.07. The Morgan fingerprint density at radius 1 is 1.35 bits per heavy atom. The number of rotatable bonds is 4. The van der Waals surface area contributed by atoms with Crippen molar-refractivity contribution in [2.24, 2.45) is 0 Å². The van der Waals surface area contributed by atoms with Crippen molar-refractivity contribution in [1.29, 1.82) is 0 Å². The third kappa shape index (κ3) is 3.06. The molecule has 1 saturated heterocycles. The number of hydrogen-bond acceptors (Lipinski definition) is 5. The molecular weight excluding hydrogens is 246 g/mol. The van der Waals surface area contributed by atoms with Crippen molar-refractivity contribution >= 4 is 10.0 Å². The van der Waals surface area contributed by atoms with Crippen molar-refractivity contribution in [1.82, 2.24) is 4.72 Å². The first-order valence-corrected chi connectivity index (χ1v) is 6.90. The standard InChI is InChI=1S/C10H15NO5S/c12-7-9-1-2-10(16-9)17(13,14)11-8-3-5-15-6-4-8/h1-2,8,11-12H,3-7H2. The molecule has 96 valence electrons. The first-order chi connectivity index (χ1) is 8.12. The van der Waals surface area contributed by atoms with E-state index >= 15 is 0 Å². The van der Waals surface area contributed by atoms with E-state index in [2.05, 4.69) is 4.72 Å². The molecule has 0 unspecified atom stereocenters. The molecule has 1 aromatic heterocycles. The Hall–Kier alpha value is -0.890. The molecule has 0 spiro atoms. The van der Waals surface area contributed by atoms with Crippen LogP contribution in [0.25, 0.3) is 0 Å². The molecule has 0 aromatic carbocycles. The second-order valence-corrected chi connectivity index (χ2v) is 5.53. The summed E-state index contributed by atoms with van der Waals surface area (Å²) in [7, 11) is -3.63. The van der Waals surface area contributed by atoms with Crippen LogP contribution in [0.15, 0.2) is 21.6 Å². The van der Waals surface area contributed by atoms with Crippen molar-refractivity contribution in [2.75, 3.05) is 13.2 Å². The topological polar surface area (TPSA) is 88.8 Å². The molecular formula is C10H15NO5S. The minimum Gasteiger partial charge on any atom is -0.446 e. The lowest BCUT2D eigenvalue weighted by molar-refractivity contribution is 0.0831. The smallest absolute Gasteiger partial charge is 0.274 e. The molecule has 0 atom stereocenters. The van der Waals surface area contributed by atoms with Gasteiger partial charge in [0.2, 0.25) is 5.09 Å². The second-order valence-electron chi connectivity index (χ2n) is 3.89. The molecule has 0 radical (unpaired) electrons. The van der Waals surface area contributed by atoms with Gasteiger partial charge in [0.1, 0.15) is 12.4 Å². The second kappa shape index (κ2) is 5.18. The molecule has 0 bridgehead atoms. The van der Waals surface area contributed by atoms with Crippen LogP contribution in [0.3, 0.4) is 0 Å². The van der Waals surface area contributed by atoms with E-state index in [9.17, 15) is 8.42 Å². The van der Waals surface area contributed by atoms with Crippen LogP contribution in [-0.4, -0.2) is 32.8 Å². The number of ether oxygens (including phenoxy) is 1. The summed E-state index contributed by atoms with van der Waals surface area (Å²) in [5, 5.41) is 8.65. The zero-order valence-electron chi connectivity index (χ0n) is 9.26. The SMILES string of the molecule is O=S(=O)(NC1CCOCC1)c1ccc(CO)o1. The van der Waals surface area contributed by atoms with Crippen LogP contribution in [0.1, 0.15) is 18.6 Å². The van der Waals surface area contributed by atoms with Gasteiger partial charge >= 0.3 is 0 Å². The highest BCUT2D eigenvalue weighted by molar-refractivity contribution is 7.89. The molecule has 0 saturated carbocycles. The van der Waals surface area contributed by atoms with Gasteiger partial charge in [-0.15, -0.1) is 0 Å². The zero-order valence-corrected chi connectivity index (χ0v) is 10.1. The van der Waals surface area contributed by atoms with Gasteiger partial charge in [0.15, 0.2) is 0 Å². The largest absolute Gasteiger partial charge is 0.446 e. The van der Waals surface area contributed by atoms with E-state index in [1.807, 2.05) is 0 Å². The van der Waals surface area contributed by atoms with Gasteiger partial charge in [0.05, 0.1) is 0 Å². The van der Waals surface area contributed by atoms with Gasteiger partial charge in [0.25, 0.3) is 10.0 Å². The van der Waals surface area contributed by atoms with Crippen LogP contribution < -0.4 is 4.72 Å². The molecule has 1 aliphatic heterocycles. The molecule has 0 aliphatic carbocycles. The Kier molecular flexibility index (Phi) is 3.82. The van der Waals surface area contributed by atoms with E-state index in [4.69, 9.17) is 14.3 Å². The van der Waals surface area contributed by atoms with Crippen molar-refractivity contribution in [3.05, 3.63) is 17.9 Å². The van der Waals surface area contributed by atoms with E-state index in [1.54, 1.807) is 0 Å². The fourth-order valence-corrected chi connectivity index (χ4v) is 2.94. The van der Waals surface area contributed by atoms with Gasteiger partial charge in [-0.2, -0.15) is 0 Å². The maximum Gasteiger partial charge on any atom is 0.274 e. The number of nitrogens with one attached hydrogen (secondary N) is 1. The summed E-state index contributed by atoms with van der Waals surface area (Å²) in [5.74, 6) is 0.234. The molecule has 2 rings (SSSR count). The van der Waals surface area contributed by atoms with Crippen LogP contribution in [0.2, 0.25) is 0 Å². The van der Waals surface area contributed by atoms with Crippen LogP contribution >= 0.6 is 0 Å². The van der Waals surface area contributed by atoms with E-state index in [0.29, 0.717) is 26.1 Å². The number of sulfonamides is 1. The Morgan fingerprint density at radius 3 is 2.65 bits per heavy atom. The fraction of sp³-hybridized carbons (Fsp3) is 0.600. The predicted octanol–water partition coefficient (Wildman–Crippen LogP) is 0.229. The molecule has 2 heterocycles. The van der Waals surface area contributed by atoms with Gasteiger partial charge in [-0.3, -0.25) is 0 Å². The summed E-state index contributed by atoms with van der Waals surface area (Å²) in [4.78, 5) is 0. The molecule has 6 nitrogen and oxygen atoms in total. The van der Waals surface area contributed by atoms with E-state index in [0.717, 1.165) is 0 Å². The van der Waals surface area contributed by atoms with Crippen molar-refractivity contribution in [3.8, 4) is 0 Å². The normalized spacial score (nSPS) is 18.4. The summed E-state index contributed by atoms with van der Waals surface area (Å²) >= 11 is 0. The fourth-order valence-electron chi connectivity index (χ4n) is 1.68. The lowest BCUT2D eigenvalue weighted by Gasteiger charge is -2.22. The maximum atomic E-state index is 11.9. The Bertz CT molecular complexity index is 461. The van der Waals surface area contributed by atoms with Crippen molar-refractivity contribution < 1.29 is 22.7 Å². The highest BCUT2D eigenvalue weighted by atomic mass is 32.2. The third-order valence-electron chi connectivity index (χ3n) is 2.60. The van der Waals surface area contributed by atoms with Crippen LogP contribution in [-0.2, 0) is 21.4 Å². The molecule has 1 aliphatic rings. The molecule has 0 amide bonds. The summed E-state index contributed by atoms with van der Waals surface area (Å²) in [6.45, 7) is 0.813. The van der Waals surface area contributed by atoms with E-state index < -0.39 is 10.0 Å². The van der Waals surface area contributed by atoms with E-state index in [1.165, 1.54) is 12.1 Å². The van der Waals surface area contributed by atoms with Gasteiger partial charge in [-0.25, -0.2) is 13.1 Å². The molecule has 1 aromatic rings. The first kappa shape index (κ1) is 12.6. The molecule has 2 N–H and O–H groups in total. The van der Waals surface area contributed by atoms with Crippen LogP contribution in [0.5, 0.6) is 0 Å². The minimum atomic E-state index is -3.63. The minimum absolute atomic E-state index is 0.114. The Morgan fingerprint density at radius 2 is 2.06 bits per heavy atom. The predicted molar refractivity (Wildman–Crippen MR) is 58.8 cm³/mol. The first-order valence-electron chi connectivity index (χ1n) is 5.41. The van der Waals surface area contributed by atoms with Gasteiger partial charge in [0, 0.05) is 19.3 Å². The molecule has 7 heteroatoms. The summed E-state index contributed by atoms with van der Waals surface area (Å²) in [6, 6.07) is 2.67.